The molecule has 3 rings (SSSR count). The van der Waals surface area contributed by atoms with Gasteiger partial charge in [0.05, 0.1) is 5.75 Å². The first-order valence-corrected chi connectivity index (χ1v) is 9.98. The van der Waals surface area contributed by atoms with E-state index in [0.29, 0.717) is 5.75 Å². The number of thioether (sulfide) groups is 1. The summed E-state index contributed by atoms with van der Waals surface area (Å²) < 4.78 is 1.95. The van der Waals surface area contributed by atoms with Crippen molar-refractivity contribution in [1.29, 1.82) is 0 Å². The summed E-state index contributed by atoms with van der Waals surface area (Å²) in [4.78, 5) is 12.8. The third-order valence-electron chi connectivity index (χ3n) is 5.23. The molecular weight excluding hydrogens is 354 g/mol. The Labute approximate surface area is 165 Å². The van der Waals surface area contributed by atoms with Crippen LogP contribution in [0, 0.1) is 34.6 Å². The highest BCUT2D eigenvalue weighted by Crippen LogP contribution is 2.26. The van der Waals surface area contributed by atoms with Gasteiger partial charge in [-0.15, -0.1) is 10.2 Å². The van der Waals surface area contributed by atoms with Crippen molar-refractivity contribution in [3.8, 4) is 11.4 Å². The van der Waals surface area contributed by atoms with E-state index in [-0.39, 0.29) is 5.78 Å². The lowest BCUT2D eigenvalue weighted by atomic mass is 9.93. The molecule has 0 N–H and O–H groups in total. The lowest BCUT2D eigenvalue weighted by Crippen LogP contribution is -2.08. The van der Waals surface area contributed by atoms with Gasteiger partial charge in [0.15, 0.2) is 16.8 Å². The molecular formula is C22H25N3OS. The Balaban J connectivity index is 1.79. The molecule has 0 spiro atoms. The fourth-order valence-electron chi connectivity index (χ4n) is 3.19. The van der Waals surface area contributed by atoms with Crippen molar-refractivity contribution in [1.82, 2.24) is 14.8 Å². The Morgan fingerprint density at radius 2 is 1.74 bits per heavy atom. The van der Waals surface area contributed by atoms with Crippen LogP contribution < -0.4 is 0 Å². The molecule has 3 aromatic rings. The zero-order valence-electron chi connectivity index (χ0n) is 16.8. The number of rotatable bonds is 5. The van der Waals surface area contributed by atoms with Crippen LogP contribution in [0.4, 0.5) is 0 Å². The second kappa shape index (κ2) is 7.69. The van der Waals surface area contributed by atoms with Gasteiger partial charge in [0.25, 0.3) is 0 Å². The van der Waals surface area contributed by atoms with Gasteiger partial charge in [-0.3, -0.25) is 4.79 Å². The van der Waals surface area contributed by atoms with Crippen LogP contribution in [0.15, 0.2) is 35.5 Å². The maximum atomic E-state index is 12.8. The van der Waals surface area contributed by atoms with Crippen molar-refractivity contribution in [3.63, 3.8) is 0 Å². The molecule has 0 aliphatic carbocycles. The number of benzene rings is 2. The molecule has 1 heterocycles. The van der Waals surface area contributed by atoms with Gasteiger partial charge in [-0.05, 0) is 69.0 Å². The second-order valence-corrected chi connectivity index (χ2v) is 8.01. The molecule has 4 nitrogen and oxygen atoms in total. The monoisotopic (exact) mass is 379 g/mol. The lowest BCUT2D eigenvalue weighted by molar-refractivity contribution is 0.102. The van der Waals surface area contributed by atoms with E-state index in [0.717, 1.165) is 33.2 Å². The van der Waals surface area contributed by atoms with Gasteiger partial charge in [0.2, 0.25) is 0 Å². The zero-order chi connectivity index (χ0) is 19.7. The number of carbonyl (C=O) groups is 1. The third kappa shape index (κ3) is 3.83. The summed E-state index contributed by atoms with van der Waals surface area (Å²) in [5.74, 6) is 1.29. The lowest BCUT2D eigenvalue weighted by Gasteiger charge is -2.13. The van der Waals surface area contributed by atoms with Gasteiger partial charge in [-0.25, -0.2) is 0 Å². The molecule has 27 heavy (non-hydrogen) atoms. The third-order valence-corrected chi connectivity index (χ3v) is 6.25. The molecule has 0 aliphatic rings. The van der Waals surface area contributed by atoms with Gasteiger partial charge in [-0.2, -0.15) is 0 Å². The van der Waals surface area contributed by atoms with Gasteiger partial charge in [-0.1, -0.05) is 35.5 Å². The maximum Gasteiger partial charge on any atom is 0.191 e. The van der Waals surface area contributed by atoms with E-state index in [1.165, 1.54) is 28.5 Å². The minimum absolute atomic E-state index is 0.129. The molecule has 0 saturated heterocycles. The standard InChI is InChI=1S/C22H25N3OS/c1-13-8-7-9-18(10-13)21-23-24-22(25(21)6)27-12-20(26)19-11-14(2)15(3)16(4)17(19)5/h7-11H,12H2,1-6H3. The topological polar surface area (TPSA) is 47.8 Å². The minimum atomic E-state index is 0.129. The smallest absolute Gasteiger partial charge is 0.191 e. The van der Waals surface area contributed by atoms with Crippen LogP contribution >= 0.6 is 11.8 Å². The summed E-state index contributed by atoms with van der Waals surface area (Å²) in [7, 11) is 1.94. The number of hydrogen-bond donors (Lipinski definition) is 0. The number of carbonyl (C=O) groups excluding carboxylic acids is 1. The van der Waals surface area contributed by atoms with E-state index in [9.17, 15) is 4.79 Å². The molecule has 0 atom stereocenters. The molecule has 0 fully saturated rings. The van der Waals surface area contributed by atoms with Gasteiger partial charge in [0, 0.05) is 18.2 Å². The largest absolute Gasteiger partial charge is 0.305 e. The van der Waals surface area contributed by atoms with Crippen LogP contribution in [0.1, 0.15) is 38.2 Å². The molecule has 0 saturated carbocycles. The first-order chi connectivity index (χ1) is 12.8. The van der Waals surface area contributed by atoms with E-state index in [1.54, 1.807) is 0 Å². The van der Waals surface area contributed by atoms with E-state index >= 15 is 0 Å². The number of aromatic nitrogens is 3. The van der Waals surface area contributed by atoms with Crippen molar-refractivity contribution < 1.29 is 4.79 Å². The quantitative estimate of drug-likeness (QED) is 0.462. The Morgan fingerprint density at radius 1 is 1.00 bits per heavy atom. The summed E-state index contributed by atoms with van der Waals surface area (Å²) in [5, 5.41) is 9.35. The van der Waals surface area contributed by atoms with Crippen molar-refractivity contribution >= 4 is 17.5 Å². The Kier molecular flexibility index (Phi) is 5.51. The van der Waals surface area contributed by atoms with Crippen LogP contribution in [-0.2, 0) is 7.05 Å². The van der Waals surface area contributed by atoms with Crippen LogP contribution in [0.5, 0.6) is 0 Å². The minimum Gasteiger partial charge on any atom is -0.305 e. The van der Waals surface area contributed by atoms with Crippen molar-refractivity contribution in [2.75, 3.05) is 5.75 Å². The van der Waals surface area contributed by atoms with Crippen LogP contribution in [0.3, 0.4) is 0 Å². The maximum absolute atomic E-state index is 12.8. The summed E-state index contributed by atoms with van der Waals surface area (Å²) in [6.07, 6.45) is 0. The number of nitrogens with zero attached hydrogens (tertiary/aromatic N) is 3. The molecule has 1 aromatic heterocycles. The van der Waals surface area contributed by atoms with Crippen molar-refractivity contribution in [2.24, 2.45) is 7.05 Å². The Bertz CT molecular complexity index is 1020. The molecule has 0 radical (unpaired) electrons. The fraction of sp³-hybridized carbons (Fsp3) is 0.318. The van der Waals surface area contributed by atoms with Gasteiger partial charge < -0.3 is 4.57 Å². The highest BCUT2D eigenvalue weighted by molar-refractivity contribution is 7.99. The highest BCUT2D eigenvalue weighted by atomic mass is 32.2. The van der Waals surface area contributed by atoms with Gasteiger partial charge in [0.1, 0.15) is 0 Å². The molecule has 0 unspecified atom stereocenters. The number of ketones is 1. The SMILES string of the molecule is Cc1cccc(-c2nnc(SCC(=O)c3cc(C)c(C)c(C)c3C)n2C)c1. The molecule has 0 aliphatic heterocycles. The highest BCUT2D eigenvalue weighted by Gasteiger charge is 2.17. The van der Waals surface area contributed by atoms with E-state index < -0.39 is 0 Å². The average Bonchev–Trinajstić information content (AvgIpc) is 3.01. The van der Waals surface area contributed by atoms with Crippen LogP contribution in [-0.4, -0.2) is 26.3 Å². The van der Waals surface area contributed by atoms with Gasteiger partial charge >= 0.3 is 0 Å². The number of Topliss-reactive ketones (excluding diaryl/α,β-unsaturated/α-hetero) is 1. The average molecular weight is 380 g/mol. The first kappa shape index (κ1) is 19.4. The Hall–Kier alpha value is -2.40. The summed E-state index contributed by atoms with van der Waals surface area (Å²) in [6.45, 7) is 10.3. The van der Waals surface area contributed by atoms with Crippen LogP contribution in [0.25, 0.3) is 11.4 Å². The fourth-order valence-corrected chi connectivity index (χ4v) is 3.98. The molecule has 140 valence electrons. The van der Waals surface area contributed by atoms with Crippen molar-refractivity contribution in [3.05, 3.63) is 63.7 Å². The van der Waals surface area contributed by atoms with Crippen molar-refractivity contribution in [2.45, 2.75) is 39.8 Å². The molecule has 0 bridgehead atoms. The molecule has 2 aromatic carbocycles. The first-order valence-electron chi connectivity index (χ1n) is 8.99. The van der Waals surface area contributed by atoms with Crippen LogP contribution in [0.2, 0.25) is 0 Å². The van der Waals surface area contributed by atoms with E-state index in [1.807, 2.05) is 36.7 Å². The molecule has 5 heteroatoms. The number of hydrogen-bond acceptors (Lipinski definition) is 4. The second-order valence-electron chi connectivity index (χ2n) is 7.06. The van der Waals surface area contributed by atoms with E-state index in [2.05, 4.69) is 50.0 Å². The zero-order valence-corrected chi connectivity index (χ0v) is 17.6. The summed E-state index contributed by atoms with van der Waals surface area (Å²) >= 11 is 1.43. The predicted molar refractivity (Wildman–Crippen MR) is 112 cm³/mol. The Morgan fingerprint density at radius 3 is 2.44 bits per heavy atom. The summed E-state index contributed by atoms with van der Waals surface area (Å²) in [6, 6.07) is 10.2. The van der Waals surface area contributed by atoms with E-state index in [4.69, 9.17) is 0 Å². The predicted octanol–water partition coefficient (Wildman–Crippen LogP) is 5.00. The summed E-state index contributed by atoms with van der Waals surface area (Å²) in [5.41, 5.74) is 7.71. The number of aryl methyl sites for hydroxylation is 2. The normalized spacial score (nSPS) is 11.0. The molecule has 0 amide bonds.